The first kappa shape index (κ1) is 14.1. The van der Waals surface area contributed by atoms with E-state index in [2.05, 4.69) is 39.3 Å². The molecule has 110 valence electrons. The Balaban J connectivity index is 1.62. The van der Waals surface area contributed by atoms with Gasteiger partial charge in [0.1, 0.15) is 11.5 Å². The number of aromatic amines is 1. The first-order valence-electron chi connectivity index (χ1n) is 7.06. The van der Waals surface area contributed by atoms with Gasteiger partial charge < -0.3 is 9.73 Å². The summed E-state index contributed by atoms with van der Waals surface area (Å²) in [4.78, 5) is 0. The average molecular weight is 301 g/mol. The molecule has 3 aromatic heterocycles. The van der Waals surface area contributed by atoms with Crippen LogP contribution >= 0.6 is 11.3 Å². The van der Waals surface area contributed by atoms with Crippen molar-refractivity contribution in [1.29, 1.82) is 0 Å². The summed E-state index contributed by atoms with van der Waals surface area (Å²) < 4.78 is 5.66. The van der Waals surface area contributed by atoms with Crippen LogP contribution in [-0.2, 0) is 13.0 Å². The Hall–Kier alpha value is -1.85. The molecule has 0 bridgehead atoms. The van der Waals surface area contributed by atoms with E-state index in [4.69, 9.17) is 4.42 Å². The maximum absolute atomic E-state index is 5.66. The quantitative estimate of drug-likeness (QED) is 0.729. The highest BCUT2D eigenvalue weighted by atomic mass is 32.1. The van der Waals surface area contributed by atoms with Crippen LogP contribution in [0.4, 0.5) is 0 Å². The average Bonchev–Trinajstić information content (AvgIpc) is 3.17. The molecule has 2 N–H and O–H groups in total. The van der Waals surface area contributed by atoms with E-state index < -0.39 is 0 Å². The number of hydrogen-bond donors (Lipinski definition) is 2. The maximum atomic E-state index is 5.66. The van der Waals surface area contributed by atoms with Gasteiger partial charge >= 0.3 is 0 Å². The van der Waals surface area contributed by atoms with Gasteiger partial charge in [0.2, 0.25) is 0 Å². The van der Waals surface area contributed by atoms with E-state index >= 15 is 0 Å². The maximum Gasteiger partial charge on any atom is 0.152 e. The lowest BCUT2D eigenvalue weighted by atomic mass is 10.1. The number of furan rings is 1. The number of rotatable bonds is 6. The highest BCUT2D eigenvalue weighted by Gasteiger charge is 2.12. The predicted octanol–water partition coefficient (Wildman–Crippen LogP) is 3.76. The zero-order valence-electron chi connectivity index (χ0n) is 12.2. The predicted molar refractivity (Wildman–Crippen MR) is 85.4 cm³/mol. The summed E-state index contributed by atoms with van der Waals surface area (Å²) in [6, 6.07) is 6.53. The van der Waals surface area contributed by atoms with E-state index in [0.717, 1.165) is 35.7 Å². The van der Waals surface area contributed by atoms with Crippen LogP contribution in [0, 0.1) is 6.92 Å². The van der Waals surface area contributed by atoms with Crippen LogP contribution in [0.2, 0.25) is 0 Å². The molecule has 21 heavy (non-hydrogen) atoms. The molecule has 0 amide bonds. The molecule has 0 radical (unpaired) electrons. The monoisotopic (exact) mass is 301 g/mol. The van der Waals surface area contributed by atoms with Crippen molar-refractivity contribution in [2.75, 3.05) is 0 Å². The van der Waals surface area contributed by atoms with Crippen LogP contribution < -0.4 is 5.32 Å². The largest absolute Gasteiger partial charge is 0.460 e. The second-order valence-corrected chi connectivity index (χ2v) is 6.08. The fraction of sp³-hybridized carbons (Fsp3) is 0.312. The minimum Gasteiger partial charge on any atom is -0.460 e. The topological polar surface area (TPSA) is 53.9 Å². The van der Waals surface area contributed by atoms with Crippen molar-refractivity contribution in [1.82, 2.24) is 15.5 Å². The molecule has 0 fully saturated rings. The Morgan fingerprint density at radius 3 is 3.00 bits per heavy atom. The van der Waals surface area contributed by atoms with Crippen LogP contribution in [-0.4, -0.2) is 16.2 Å². The molecule has 0 aromatic carbocycles. The molecule has 0 saturated carbocycles. The Kier molecular flexibility index (Phi) is 4.22. The highest BCUT2D eigenvalue weighted by Crippen LogP contribution is 2.23. The van der Waals surface area contributed by atoms with Crippen molar-refractivity contribution in [3.63, 3.8) is 0 Å². The minimum absolute atomic E-state index is 0.417. The molecular formula is C16H19N3OS. The lowest BCUT2D eigenvalue weighted by Crippen LogP contribution is -2.27. The van der Waals surface area contributed by atoms with Gasteiger partial charge in [-0.3, -0.25) is 5.10 Å². The number of thiophene rings is 1. The molecule has 1 unspecified atom stereocenters. The van der Waals surface area contributed by atoms with Crippen molar-refractivity contribution >= 4 is 11.3 Å². The van der Waals surface area contributed by atoms with Crippen molar-refractivity contribution in [2.45, 2.75) is 32.9 Å². The fourth-order valence-electron chi connectivity index (χ4n) is 2.35. The summed E-state index contributed by atoms with van der Waals surface area (Å²) in [5.74, 6) is 1.75. The van der Waals surface area contributed by atoms with Crippen molar-refractivity contribution in [3.05, 3.63) is 52.0 Å². The summed E-state index contributed by atoms with van der Waals surface area (Å²) >= 11 is 1.74. The highest BCUT2D eigenvalue weighted by molar-refractivity contribution is 7.07. The molecule has 0 aliphatic rings. The lowest BCUT2D eigenvalue weighted by molar-refractivity contribution is 0.536. The van der Waals surface area contributed by atoms with Gasteiger partial charge in [-0.25, -0.2) is 0 Å². The van der Waals surface area contributed by atoms with Crippen LogP contribution in [0.3, 0.4) is 0 Å². The second kappa shape index (κ2) is 6.28. The van der Waals surface area contributed by atoms with Gasteiger partial charge in [0.05, 0.1) is 6.20 Å². The third-order valence-electron chi connectivity index (χ3n) is 3.47. The van der Waals surface area contributed by atoms with E-state index in [-0.39, 0.29) is 0 Å². The van der Waals surface area contributed by atoms with E-state index in [1.54, 1.807) is 11.3 Å². The molecule has 0 spiro atoms. The minimum atomic E-state index is 0.417. The summed E-state index contributed by atoms with van der Waals surface area (Å²) in [7, 11) is 0. The molecular weight excluding hydrogens is 282 g/mol. The Morgan fingerprint density at radius 1 is 1.38 bits per heavy atom. The van der Waals surface area contributed by atoms with Gasteiger partial charge in [-0.1, -0.05) is 0 Å². The van der Waals surface area contributed by atoms with Crippen molar-refractivity contribution < 1.29 is 4.42 Å². The number of aryl methyl sites for hydroxylation is 1. The molecule has 3 aromatic rings. The van der Waals surface area contributed by atoms with Crippen LogP contribution in [0.15, 0.2) is 39.6 Å². The SMILES string of the molecule is Cc1ccc(-c2[nH]ncc2CNC(C)Cc2ccsc2)o1. The van der Waals surface area contributed by atoms with E-state index in [9.17, 15) is 0 Å². The van der Waals surface area contributed by atoms with E-state index in [1.807, 2.05) is 25.3 Å². The fourth-order valence-corrected chi connectivity index (χ4v) is 3.03. The Morgan fingerprint density at radius 2 is 2.29 bits per heavy atom. The number of H-pyrrole nitrogens is 1. The summed E-state index contributed by atoms with van der Waals surface area (Å²) in [6.07, 6.45) is 2.90. The number of nitrogens with zero attached hydrogens (tertiary/aromatic N) is 1. The van der Waals surface area contributed by atoms with Crippen LogP contribution in [0.1, 0.15) is 23.8 Å². The molecule has 1 atom stereocenters. The van der Waals surface area contributed by atoms with Crippen LogP contribution in [0.5, 0.6) is 0 Å². The van der Waals surface area contributed by atoms with Gasteiger partial charge in [0.15, 0.2) is 5.76 Å². The van der Waals surface area contributed by atoms with Crippen molar-refractivity contribution in [2.24, 2.45) is 0 Å². The second-order valence-electron chi connectivity index (χ2n) is 5.30. The van der Waals surface area contributed by atoms with Crippen molar-refractivity contribution in [3.8, 4) is 11.5 Å². The number of hydrogen-bond acceptors (Lipinski definition) is 4. The molecule has 4 nitrogen and oxygen atoms in total. The van der Waals surface area contributed by atoms with E-state index in [1.165, 1.54) is 5.56 Å². The Bertz CT molecular complexity index is 684. The third kappa shape index (κ3) is 3.43. The third-order valence-corrected chi connectivity index (χ3v) is 4.20. The Labute approximate surface area is 128 Å². The number of nitrogens with one attached hydrogen (secondary N) is 2. The van der Waals surface area contributed by atoms with Gasteiger partial charge in [-0.05, 0) is 54.8 Å². The smallest absolute Gasteiger partial charge is 0.152 e. The zero-order chi connectivity index (χ0) is 14.7. The summed E-state index contributed by atoms with van der Waals surface area (Å²) in [6.45, 7) is 4.92. The molecule has 0 aliphatic carbocycles. The summed E-state index contributed by atoms with van der Waals surface area (Å²) in [5.41, 5.74) is 3.47. The number of aromatic nitrogens is 2. The standard InChI is InChI=1S/C16H19N3OS/c1-11(7-13-5-6-21-10-13)17-8-14-9-18-19-16(14)15-4-3-12(2)20-15/h3-6,9-11,17H,7-8H2,1-2H3,(H,18,19). The normalized spacial score (nSPS) is 12.7. The molecule has 0 aliphatic heterocycles. The van der Waals surface area contributed by atoms with E-state index in [0.29, 0.717) is 6.04 Å². The molecule has 5 heteroatoms. The molecule has 3 heterocycles. The lowest BCUT2D eigenvalue weighted by Gasteiger charge is -2.12. The van der Waals surface area contributed by atoms with Gasteiger partial charge in [-0.2, -0.15) is 16.4 Å². The van der Waals surface area contributed by atoms with Gasteiger partial charge in [0.25, 0.3) is 0 Å². The van der Waals surface area contributed by atoms with Crippen LogP contribution in [0.25, 0.3) is 11.5 Å². The first-order chi connectivity index (χ1) is 10.2. The summed E-state index contributed by atoms with van der Waals surface area (Å²) in [5, 5.41) is 15.0. The van der Waals surface area contributed by atoms with Gasteiger partial charge in [0, 0.05) is 18.2 Å². The molecule has 0 saturated heterocycles. The van der Waals surface area contributed by atoms with Gasteiger partial charge in [-0.15, -0.1) is 0 Å². The molecule has 3 rings (SSSR count). The zero-order valence-corrected chi connectivity index (χ0v) is 13.0. The first-order valence-corrected chi connectivity index (χ1v) is 8.00.